The number of benzene rings is 3. The minimum atomic E-state index is -1.12. The molecule has 0 saturated heterocycles. The number of nitrogens with zero attached hydrogens (tertiary/aromatic N) is 4. The first-order chi connectivity index (χ1) is 18.3. The van der Waals surface area contributed by atoms with E-state index in [4.69, 9.17) is 15.1 Å². The van der Waals surface area contributed by atoms with Gasteiger partial charge in [-0.3, -0.25) is 0 Å². The van der Waals surface area contributed by atoms with Crippen LogP contribution >= 0.6 is 0 Å². The Morgan fingerprint density at radius 2 is 1.84 bits per heavy atom. The highest BCUT2D eigenvalue weighted by Gasteiger charge is 2.18. The standard InChI is InChI=1S/C32H32N4O2/c1-6-9-29-34-31-21(4)16-24(32-33-26-10-7-8-11-27(26)35(32)5)18-28(31)36(29)19-22-12-13-23(14-15-30(37)38)25(17-22)20(2)3/h7-8,10-13,16-18,20H,6,9,19H2,1-5H3,(H,37,38). The molecule has 2 aromatic heterocycles. The number of para-hydroxylation sites is 2. The van der Waals surface area contributed by atoms with Crippen molar-refractivity contribution in [2.24, 2.45) is 7.05 Å². The molecule has 0 atom stereocenters. The van der Waals surface area contributed by atoms with Gasteiger partial charge in [0.1, 0.15) is 11.6 Å². The Balaban J connectivity index is 1.64. The first-order valence-electron chi connectivity index (χ1n) is 13.1. The number of hydrogen-bond acceptors (Lipinski definition) is 3. The number of aromatic nitrogens is 4. The molecule has 0 aliphatic heterocycles. The fourth-order valence-corrected chi connectivity index (χ4v) is 5.17. The second kappa shape index (κ2) is 10.2. The molecular formula is C32H32N4O2. The molecule has 1 N–H and O–H groups in total. The van der Waals surface area contributed by atoms with Crippen molar-refractivity contribution < 1.29 is 9.90 Å². The Morgan fingerprint density at radius 3 is 2.55 bits per heavy atom. The summed E-state index contributed by atoms with van der Waals surface area (Å²) in [5, 5.41) is 9.01. The molecule has 0 unspecified atom stereocenters. The molecule has 5 rings (SSSR count). The zero-order valence-corrected chi connectivity index (χ0v) is 22.5. The maximum atomic E-state index is 11.0. The average Bonchev–Trinajstić information content (AvgIpc) is 3.41. The van der Waals surface area contributed by atoms with E-state index in [-0.39, 0.29) is 5.92 Å². The van der Waals surface area contributed by atoms with Gasteiger partial charge in [0.25, 0.3) is 0 Å². The molecule has 0 amide bonds. The zero-order chi connectivity index (χ0) is 27.0. The first kappa shape index (κ1) is 25.3. The van der Waals surface area contributed by atoms with Gasteiger partial charge in [-0.05, 0) is 66.3 Å². The highest BCUT2D eigenvalue weighted by atomic mass is 16.4. The predicted octanol–water partition coefficient (Wildman–Crippen LogP) is 6.46. The molecule has 3 aromatic carbocycles. The Morgan fingerprint density at radius 1 is 1.05 bits per heavy atom. The summed E-state index contributed by atoms with van der Waals surface area (Å²) in [6.07, 6.45) is 1.88. The molecule has 0 fully saturated rings. The zero-order valence-electron chi connectivity index (χ0n) is 22.5. The number of aliphatic carboxylic acids is 1. The summed E-state index contributed by atoms with van der Waals surface area (Å²) < 4.78 is 4.47. The van der Waals surface area contributed by atoms with Crippen molar-refractivity contribution in [1.29, 1.82) is 0 Å². The van der Waals surface area contributed by atoms with E-state index in [0.29, 0.717) is 6.54 Å². The molecule has 0 radical (unpaired) electrons. The summed E-state index contributed by atoms with van der Waals surface area (Å²) in [5.74, 6) is 6.16. The van der Waals surface area contributed by atoms with Crippen LogP contribution in [0.5, 0.6) is 0 Å². The third kappa shape index (κ3) is 4.68. The normalized spacial score (nSPS) is 11.3. The van der Waals surface area contributed by atoms with E-state index in [0.717, 1.165) is 74.4 Å². The molecule has 38 heavy (non-hydrogen) atoms. The third-order valence-corrected chi connectivity index (χ3v) is 7.03. The van der Waals surface area contributed by atoms with E-state index in [2.05, 4.69) is 80.0 Å². The van der Waals surface area contributed by atoms with Gasteiger partial charge in [-0.25, -0.2) is 14.8 Å². The van der Waals surface area contributed by atoms with Crippen molar-refractivity contribution in [3.63, 3.8) is 0 Å². The Kier molecular flexibility index (Phi) is 6.77. The van der Waals surface area contributed by atoms with Crippen molar-refractivity contribution >= 4 is 28.0 Å². The van der Waals surface area contributed by atoms with Crippen molar-refractivity contribution in [3.8, 4) is 23.2 Å². The summed E-state index contributed by atoms with van der Waals surface area (Å²) in [6.45, 7) is 9.17. The van der Waals surface area contributed by atoms with Gasteiger partial charge in [0, 0.05) is 37.1 Å². The maximum absolute atomic E-state index is 11.0. The third-order valence-electron chi connectivity index (χ3n) is 7.03. The molecule has 0 bridgehead atoms. The predicted molar refractivity (Wildman–Crippen MR) is 152 cm³/mol. The van der Waals surface area contributed by atoms with Crippen LogP contribution in [0.3, 0.4) is 0 Å². The molecule has 6 heteroatoms. The summed E-state index contributed by atoms with van der Waals surface area (Å²) in [7, 11) is 2.06. The van der Waals surface area contributed by atoms with Crippen molar-refractivity contribution in [1.82, 2.24) is 19.1 Å². The quantitative estimate of drug-likeness (QED) is 0.269. The first-order valence-corrected chi connectivity index (χ1v) is 13.1. The van der Waals surface area contributed by atoms with Gasteiger partial charge in [0.05, 0.1) is 22.1 Å². The number of carbonyl (C=O) groups is 1. The molecule has 0 spiro atoms. The van der Waals surface area contributed by atoms with Gasteiger partial charge in [-0.1, -0.05) is 51.0 Å². The summed E-state index contributed by atoms with van der Waals surface area (Å²) in [6, 6.07) is 18.7. The van der Waals surface area contributed by atoms with Crippen LogP contribution in [0, 0.1) is 18.8 Å². The lowest BCUT2D eigenvalue weighted by molar-refractivity contribution is -0.130. The number of fused-ring (bicyclic) bond motifs is 2. The molecule has 0 aliphatic carbocycles. The molecule has 6 nitrogen and oxygen atoms in total. The fraction of sp³-hybridized carbons (Fsp3) is 0.281. The lowest BCUT2D eigenvalue weighted by Crippen LogP contribution is -2.06. The van der Waals surface area contributed by atoms with E-state index >= 15 is 0 Å². The van der Waals surface area contributed by atoms with Gasteiger partial charge < -0.3 is 14.2 Å². The van der Waals surface area contributed by atoms with E-state index in [9.17, 15) is 4.79 Å². The minimum absolute atomic E-state index is 0.217. The van der Waals surface area contributed by atoms with E-state index in [1.165, 1.54) is 0 Å². The molecule has 192 valence electrons. The summed E-state index contributed by atoms with van der Waals surface area (Å²) in [5.41, 5.74) is 9.34. The fourth-order valence-electron chi connectivity index (χ4n) is 5.17. The Labute approximate surface area is 223 Å². The topological polar surface area (TPSA) is 72.9 Å². The largest absolute Gasteiger partial charge is 0.472 e. The van der Waals surface area contributed by atoms with E-state index < -0.39 is 5.97 Å². The van der Waals surface area contributed by atoms with Crippen molar-refractivity contribution in [2.45, 2.75) is 53.0 Å². The van der Waals surface area contributed by atoms with Crippen molar-refractivity contribution in [2.75, 3.05) is 0 Å². The number of imidazole rings is 2. The number of carboxylic acids is 1. The highest BCUT2D eigenvalue weighted by Crippen LogP contribution is 2.31. The summed E-state index contributed by atoms with van der Waals surface area (Å²) >= 11 is 0. The smallest absolute Gasteiger partial charge is 0.382 e. The van der Waals surface area contributed by atoms with Crippen LogP contribution in [0.4, 0.5) is 0 Å². The second-order valence-corrected chi connectivity index (χ2v) is 10.1. The van der Waals surface area contributed by atoms with Crippen LogP contribution in [0.1, 0.15) is 61.2 Å². The monoisotopic (exact) mass is 504 g/mol. The van der Waals surface area contributed by atoms with E-state index in [1.54, 1.807) is 0 Å². The van der Waals surface area contributed by atoms with Crippen LogP contribution < -0.4 is 0 Å². The van der Waals surface area contributed by atoms with Gasteiger partial charge >= 0.3 is 5.97 Å². The SMILES string of the molecule is CCCc1nc2c(C)cc(-c3nc4ccccc4n3C)cc2n1Cc1ccc(C#CC(=O)O)c(C(C)C)c1. The lowest BCUT2D eigenvalue weighted by atomic mass is 9.95. The van der Waals surface area contributed by atoms with Gasteiger partial charge in [-0.15, -0.1) is 0 Å². The number of hydrogen-bond donors (Lipinski definition) is 1. The van der Waals surface area contributed by atoms with Gasteiger partial charge in [0.2, 0.25) is 0 Å². The van der Waals surface area contributed by atoms with Gasteiger partial charge in [-0.2, -0.15) is 0 Å². The summed E-state index contributed by atoms with van der Waals surface area (Å²) in [4.78, 5) is 21.0. The van der Waals surface area contributed by atoms with Crippen LogP contribution in [0.2, 0.25) is 0 Å². The molecule has 5 aromatic rings. The number of rotatable bonds is 6. The van der Waals surface area contributed by atoms with E-state index in [1.807, 2.05) is 30.3 Å². The average molecular weight is 505 g/mol. The van der Waals surface area contributed by atoms with Gasteiger partial charge in [0.15, 0.2) is 0 Å². The molecule has 0 saturated carbocycles. The van der Waals surface area contributed by atoms with Crippen LogP contribution in [-0.2, 0) is 24.8 Å². The minimum Gasteiger partial charge on any atom is -0.472 e. The molecular weight excluding hydrogens is 472 g/mol. The highest BCUT2D eigenvalue weighted by molar-refractivity contribution is 5.88. The van der Waals surface area contributed by atoms with Crippen LogP contribution in [-0.4, -0.2) is 30.2 Å². The van der Waals surface area contributed by atoms with Crippen LogP contribution in [0.25, 0.3) is 33.5 Å². The van der Waals surface area contributed by atoms with Crippen LogP contribution in [0.15, 0.2) is 54.6 Å². The number of aryl methyl sites for hydroxylation is 3. The van der Waals surface area contributed by atoms with Crippen molar-refractivity contribution in [3.05, 3.63) is 82.7 Å². The Hall–Kier alpha value is -4.37. The Bertz CT molecular complexity index is 1740. The maximum Gasteiger partial charge on any atom is 0.382 e. The molecule has 0 aliphatic rings. The molecule has 2 heterocycles. The second-order valence-electron chi connectivity index (χ2n) is 10.1. The number of carboxylic acid groups (broad SMARTS) is 1. The lowest BCUT2D eigenvalue weighted by Gasteiger charge is -2.14.